The van der Waals surface area contributed by atoms with E-state index < -0.39 is 0 Å². The molecule has 2 fully saturated rings. The summed E-state index contributed by atoms with van der Waals surface area (Å²) in [4.78, 5) is 27.7. The van der Waals surface area contributed by atoms with Crippen LogP contribution in [0.5, 0.6) is 0 Å². The van der Waals surface area contributed by atoms with E-state index in [0.29, 0.717) is 6.04 Å². The highest BCUT2D eigenvalue weighted by Crippen LogP contribution is 2.17. The van der Waals surface area contributed by atoms with Gasteiger partial charge in [-0.25, -0.2) is 0 Å². The number of nitrogens with one attached hydrogen (secondary N) is 2. The molecule has 1 aliphatic heterocycles. The molecule has 0 radical (unpaired) electrons. The number of piperazine rings is 1. The first-order valence-corrected chi connectivity index (χ1v) is 10.1. The van der Waals surface area contributed by atoms with Crippen molar-refractivity contribution in [1.29, 1.82) is 0 Å². The molecule has 26 heavy (non-hydrogen) atoms. The molecule has 1 saturated heterocycles. The number of amides is 1. The van der Waals surface area contributed by atoms with Crippen LogP contribution in [0.2, 0.25) is 0 Å². The lowest BCUT2D eigenvalue weighted by Gasteiger charge is -2.36. The van der Waals surface area contributed by atoms with Crippen molar-refractivity contribution in [3.05, 3.63) is 29.8 Å². The zero-order chi connectivity index (χ0) is 18.5. The monoisotopic (exact) mass is 358 g/mol. The van der Waals surface area contributed by atoms with Crippen LogP contribution in [0.15, 0.2) is 24.3 Å². The van der Waals surface area contributed by atoms with Gasteiger partial charge in [-0.05, 0) is 51.0 Å². The van der Waals surface area contributed by atoms with Crippen LogP contribution in [0.1, 0.15) is 56.3 Å². The topological polar surface area (TPSA) is 53.9 Å². The Kier molecular flexibility index (Phi) is 6.30. The van der Waals surface area contributed by atoms with Gasteiger partial charge in [0.15, 0.2) is 11.8 Å². The van der Waals surface area contributed by atoms with Crippen LogP contribution >= 0.6 is 0 Å². The second kappa shape index (κ2) is 8.67. The normalized spacial score (nSPS) is 20.6. The van der Waals surface area contributed by atoms with Crippen LogP contribution in [0, 0.1) is 0 Å². The van der Waals surface area contributed by atoms with Crippen LogP contribution in [0.4, 0.5) is 5.69 Å². The summed E-state index contributed by atoms with van der Waals surface area (Å²) >= 11 is 0. The maximum Gasteiger partial charge on any atom is 0.278 e. The third-order valence-corrected chi connectivity index (χ3v) is 6.00. The average Bonchev–Trinajstić information content (AvgIpc) is 2.68. The van der Waals surface area contributed by atoms with Gasteiger partial charge in [-0.3, -0.25) is 9.59 Å². The van der Waals surface area contributed by atoms with Crippen LogP contribution in [0.25, 0.3) is 0 Å². The lowest BCUT2D eigenvalue weighted by molar-refractivity contribution is -0.914. The summed E-state index contributed by atoms with van der Waals surface area (Å²) in [7, 11) is 0. The molecule has 3 rings (SSSR count). The number of anilines is 1. The second-order valence-electron chi connectivity index (χ2n) is 7.81. The summed E-state index contributed by atoms with van der Waals surface area (Å²) in [6.07, 6.45) is 6.07. The number of quaternary nitrogens is 1. The zero-order valence-electron chi connectivity index (χ0n) is 16.1. The molecule has 1 heterocycles. The Labute approximate surface area is 156 Å². The fraction of sp³-hybridized carbons (Fsp3) is 0.619. The standard InChI is InChI=1S/C21H31N3O2/c1-16(21(26)22-19-6-4-3-5-7-19)23-12-14-24(15-13-23)20-10-8-18(9-11-20)17(2)25/h8-11,16,19H,3-7,12-15H2,1-2H3,(H,22,26)/p+1/t16-/m0/s1. The molecule has 1 aromatic rings. The van der Waals surface area contributed by atoms with Gasteiger partial charge in [-0.2, -0.15) is 0 Å². The molecule has 5 heteroatoms. The SMILES string of the molecule is CC(=O)c1ccc(N2CC[NH+]([C@@H](C)C(=O)NC3CCCCC3)CC2)cc1. The summed E-state index contributed by atoms with van der Waals surface area (Å²) in [5.74, 6) is 0.315. The van der Waals surface area contributed by atoms with Crippen LogP contribution in [0.3, 0.4) is 0 Å². The predicted octanol–water partition coefficient (Wildman–Crippen LogP) is 1.43. The Morgan fingerprint density at radius 1 is 1.08 bits per heavy atom. The number of hydrogen-bond donors (Lipinski definition) is 2. The van der Waals surface area contributed by atoms with E-state index in [9.17, 15) is 9.59 Å². The number of benzene rings is 1. The van der Waals surface area contributed by atoms with E-state index in [0.717, 1.165) is 50.3 Å². The first-order valence-electron chi connectivity index (χ1n) is 10.1. The minimum atomic E-state index is 0.0131. The summed E-state index contributed by atoms with van der Waals surface area (Å²) in [6.45, 7) is 7.47. The summed E-state index contributed by atoms with van der Waals surface area (Å²) < 4.78 is 0. The molecule has 2 N–H and O–H groups in total. The van der Waals surface area contributed by atoms with Crippen molar-refractivity contribution >= 4 is 17.4 Å². The van der Waals surface area contributed by atoms with Crippen LogP contribution < -0.4 is 15.1 Å². The third kappa shape index (κ3) is 4.64. The largest absolute Gasteiger partial charge is 0.360 e. The summed E-state index contributed by atoms with van der Waals surface area (Å²) in [5.41, 5.74) is 1.92. The minimum Gasteiger partial charge on any atom is -0.360 e. The lowest BCUT2D eigenvalue weighted by Crippen LogP contribution is -3.19. The maximum absolute atomic E-state index is 12.6. The quantitative estimate of drug-likeness (QED) is 0.783. The van der Waals surface area contributed by atoms with E-state index in [1.807, 2.05) is 24.3 Å². The van der Waals surface area contributed by atoms with Crippen molar-refractivity contribution in [2.45, 2.75) is 58.0 Å². The molecule has 0 spiro atoms. The highest BCUT2D eigenvalue weighted by molar-refractivity contribution is 5.94. The Balaban J connectivity index is 1.49. The molecule has 1 saturated carbocycles. The smallest absolute Gasteiger partial charge is 0.278 e. The van der Waals surface area contributed by atoms with Gasteiger partial charge in [-0.15, -0.1) is 0 Å². The minimum absolute atomic E-state index is 0.0131. The van der Waals surface area contributed by atoms with Gasteiger partial charge in [0, 0.05) is 17.3 Å². The van der Waals surface area contributed by atoms with Crippen molar-refractivity contribution in [2.24, 2.45) is 0 Å². The fourth-order valence-electron chi connectivity index (χ4n) is 4.15. The Hall–Kier alpha value is -1.88. The molecular formula is C21H32N3O2+. The second-order valence-corrected chi connectivity index (χ2v) is 7.81. The summed E-state index contributed by atoms with van der Waals surface area (Å²) in [6, 6.07) is 8.26. The highest BCUT2D eigenvalue weighted by Gasteiger charge is 2.30. The summed E-state index contributed by atoms with van der Waals surface area (Å²) in [5, 5.41) is 3.27. The number of rotatable bonds is 5. The fourth-order valence-corrected chi connectivity index (χ4v) is 4.15. The molecule has 2 aliphatic rings. The van der Waals surface area contributed by atoms with Crippen molar-refractivity contribution < 1.29 is 14.5 Å². The van der Waals surface area contributed by atoms with Gasteiger partial charge in [0.1, 0.15) is 0 Å². The molecule has 0 aromatic heterocycles. The van der Waals surface area contributed by atoms with Crippen molar-refractivity contribution in [1.82, 2.24) is 5.32 Å². The molecule has 1 aliphatic carbocycles. The third-order valence-electron chi connectivity index (χ3n) is 6.00. The molecule has 1 amide bonds. The van der Waals surface area contributed by atoms with E-state index in [1.54, 1.807) is 6.92 Å². The van der Waals surface area contributed by atoms with Crippen molar-refractivity contribution in [3.63, 3.8) is 0 Å². The van der Waals surface area contributed by atoms with E-state index in [-0.39, 0.29) is 17.7 Å². The number of nitrogens with zero attached hydrogens (tertiary/aromatic N) is 1. The molecule has 1 atom stereocenters. The molecule has 1 aromatic carbocycles. The molecule has 142 valence electrons. The number of hydrogen-bond acceptors (Lipinski definition) is 3. The number of carbonyl (C=O) groups excluding carboxylic acids is 2. The van der Waals surface area contributed by atoms with Crippen molar-refractivity contribution in [3.8, 4) is 0 Å². The first kappa shape index (κ1) is 18.9. The highest BCUT2D eigenvalue weighted by atomic mass is 16.2. The van der Waals surface area contributed by atoms with Gasteiger partial charge < -0.3 is 15.1 Å². The van der Waals surface area contributed by atoms with Crippen LogP contribution in [-0.2, 0) is 4.79 Å². The van der Waals surface area contributed by atoms with Gasteiger partial charge in [-0.1, -0.05) is 19.3 Å². The molecular weight excluding hydrogens is 326 g/mol. The first-order chi connectivity index (χ1) is 12.5. The average molecular weight is 359 g/mol. The zero-order valence-corrected chi connectivity index (χ0v) is 16.1. The lowest BCUT2D eigenvalue weighted by atomic mass is 9.95. The van der Waals surface area contributed by atoms with Crippen LogP contribution in [-0.4, -0.2) is 50.0 Å². The van der Waals surface area contributed by atoms with Gasteiger partial charge in [0.2, 0.25) is 0 Å². The van der Waals surface area contributed by atoms with E-state index in [1.165, 1.54) is 24.2 Å². The molecule has 5 nitrogen and oxygen atoms in total. The van der Waals surface area contributed by atoms with Gasteiger partial charge in [0.25, 0.3) is 5.91 Å². The Morgan fingerprint density at radius 2 is 1.69 bits per heavy atom. The van der Waals surface area contributed by atoms with E-state index >= 15 is 0 Å². The number of ketones is 1. The Morgan fingerprint density at radius 3 is 2.27 bits per heavy atom. The van der Waals surface area contributed by atoms with Crippen molar-refractivity contribution in [2.75, 3.05) is 31.1 Å². The Bertz CT molecular complexity index is 615. The number of carbonyl (C=O) groups is 2. The molecule has 0 bridgehead atoms. The number of Topliss-reactive ketones (excluding diaryl/α,β-unsaturated/α-hetero) is 1. The predicted molar refractivity (Wildman–Crippen MR) is 104 cm³/mol. The van der Waals surface area contributed by atoms with E-state index in [4.69, 9.17) is 0 Å². The molecule has 0 unspecified atom stereocenters. The maximum atomic E-state index is 12.6. The van der Waals surface area contributed by atoms with E-state index in [2.05, 4.69) is 17.1 Å². The van der Waals surface area contributed by atoms with Gasteiger partial charge >= 0.3 is 0 Å². The van der Waals surface area contributed by atoms with Gasteiger partial charge in [0.05, 0.1) is 26.2 Å².